The predicted molar refractivity (Wildman–Crippen MR) is 137 cm³/mol. The Morgan fingerprint density at radius 2 is 1.84 bits per heavy atom. The fourth-order valence-electron chi connectivity index (χ4n) is 3.11. The Kier molecular flexibility index (Phi) is 11.1. The maximum absolute atomic E-state index is 12.1. The molecule has 8 nitrogen and oxygen atoms in total. The summed E-state index contributed by atoms with van der Waals surface area (Å²) in [6.45, 7) is 5.66. The van der Waals surface area contributed by atoms with E-state index >= 15 is 0 Å². The second-order valence-corrected chi connectivity index (χ2v) is 6.90. The summed E-state index contributed by atoms with van der Waals surface area (Å²) in [5.41, 5.74) is 2.46. The number of ether oxygens (including phenoxy) is 2. The van der Waals surface area contributed by atoms with Crippen LogP contribution in [0.4, 0.5) is 0 Å². The van der Waals surface area contributed by atoms with Gasteiger partial charge in [0.15, 0.2) is 11.5 Å². The lowest BCUT2D eigenvalue weighted by molar-refractivity contribution is 0.145. The molecule has 0 atom stereocenters. The molecule has 0 saturated heterocycles. The monoisotopic (exact) mass is 554 g/mol. The van der Waals surface area contributed by atoms with Gasteiger partial charge >= 0.3 is 5.76 Å². The lowest BCUT2D eigenvalue weighted by Gasteiger charge is -2.13. The first-order valence-electron chi connectivity index (χ1n) is 10.5. The first kappa shape index (κ1) is 25.7. The molecule has 0 spiro atoms. The molecule has 0 aliphatic rings. The van der Waals surface area contributed by atoms with Crippen LogP contribution in [-0.2, 0) is 17.8 Å². The van der Waals surface area contributed by atoms with E-state index < -0.39 is 0 Å². The quantitative estimate of drug-likeness (QED) is 0.164. The molecule has 3 rings (SSSR count). The van der Waals surface area contributed by atoms with Gasteiger partial charge in [-0.3, -0.25) is 4.57 Å². The number of halogens is 1. The number of hydrogen-bond donors (Lipinski definition) is 2. The van der Waals surface area contributed by atoms with E-state index in [0.717, 1.165) is 29.8 Å². The lowest BCUT2D eigenvalue weighted by Crippen LogP contribution is -2.40. The Bertz CT molecular complexity index is 1030. The van der Waals surface area contributed by atoms with Crippen LogP contribution in [0.2, 0.25) is 0 Å². The number of rotatable bonds is 11. The third-order valence-corrected chi connectivity index (χ3v) is 4.74. The van der Waals surface area contributed by atoms with Crippen molar-refractivity contribution in [3.05, 3.63) is 64.6 Å². The molecule has 174 valence electrons. The summed E-state index contributed by atoms with van der Waals surface area (Å²) in [4.78, 5) is 16.8. The SMILES string of the molecule is CCOCCCNC(=NCc1ccc(OC)cc1)NCCn1c(=O)oc2ccccc21.I. The molecule has 9 heteroatoms. The van der Waals surface area contributed by atoms with Crippen molar-refractivity contribution in [1.29, 1.82) is 0 Å². The number of fused-ring (bicyclic) bond motifs is 1. The summed E-state index contributed by atoms with van der Waals surface area (Å²) >= 11 is 0. The van der Waals surface area contributed by atoms with Crippen molar-refractivity contribution in [1.82, 2.24) is 15.2 Å². The van der Waals surface area contributed by atoms with Crippen molar-refractivity contribution in [2.24, 2.45) is 4.99 Å². The van der Waals surface area contributed by atoms with Gasteiger partial charge in [0.2, 0.25) is 0 Å². The van der Waals surface area contributed by atoms with Gasteiger partial charge in [0.25, 0.3) is 0 Å². The number of benzene rings is 2. The van der Waals surface area contributed by atoms with Gasteiger partial charge in [0.1, 0.15) is 5.75 Å². The summed E-state index contributed by atoms with van der Waals surface area (Å²) in [5, 5.41) is 6.63. The number of methoxy groups -OCH3 is 1. The maximum atomic E-state index is 12.1. The fraction of sp³-hybridized carbons (Fsp3) is 0.391. The van der Waals surface area contributed by atoms with E-state index in [-0.39, 0.29) is 29.7 Å². The largest absolute Gasteiger partial charge is 0.497 e. The zero-order valence-electron chi connectivity index (χ0n) is 18.5. The molecule has 0 saturated carbocycles. The Morgan fingerprint density at radius 1 is 1.09 bits per heavy atom. The van der Waals surface area contributed by atoms with Gasteiger partial charge in [-0.05, 0) is 43.2 Å². The molecule has 0 radical (unpaired) electrons. The number of para-hydroxylation sites is 2. The molecule has 3 aromatic rings. The average Bonchev–Trinajstić information content (AvgIpc) is 3.12. The summed E-state index contributed by atoms with van der Waals surface area (Å²) in [5.74, 6) is 1.15. The van der Waals surface area contributed by atoms with E-state index in [1.807, 2.05) is 49.4 Å². The van der Waals surface area contributed by atoms with Crippen molar-refractivity contribution < 1.29 is 13.9 Å². The molecule has 0 aliphatic heterocycles. The van der Waals surface area contributed by atoms with E-state index in [0.29, 0.717) is 44.4 Å². The van der Waals surface area contributed by atoms with Gasteiger partial charge in [-0.2, -0.15) is 0 Å². The zero-order chi connectivity index (χ0) is 21.9. The average molecular weight is 554 g/mol. The van der Waals surface area contributed by atoms with E-state index in [1.54, 1.807) is 17.7 Å². The molecule has 2 aromatic carbocycles. The van der Waals surface area contributed by atoms with Crippen LogP contribution in [0.3, 0.4) is 0 Å². The topological polar surface area (TPSA) is 90.0 Å². The maximum Gasteiger partial charge on any atom is 0.420 e. The molecule has 0 bridgehead atoms. The van der Waals surface area contributed by atoms with Crippen molar-refractivity contribution in [2.45, 2.75) is 26.4 Å². The van der Waals surface area contributed by atoms with Gasteiger partial charge in [-0.15, -0.1) is 24.0 Å². The van der Waals surface area contributed by atoms with Crippen LogP contribution in [0.5, 0.6) is 5.75 Å². The molecule has 2 N–H and O–H groups in total. The van der Waals surface area contributed by atoms with Crippen molar-refractivity contribution in [2.75, 3.05) is 33.4 Å². The van der Waals surface area contributed by atoms with Crippen LogP contribution in [0.15, 0.2) is 62.7 Å². The van der Waals surface area contributed by atoms with Gasteiger partial charge in [0, 0.05) is 32.8 Å². The van der Waals surface area contributed by atoms with E-state index in [1.165, 1.54) is 0 Å². The molecule has 0 aliphatic carbocycles. The van der Waals surface area contributed by atoms with E-state index in [9.17, 15) is 4.79 Å². The first-order chi connectivity index (χ1) is 15.2. The molecular weight excluding hydrogens is 523 g/mol. The molecule has 1 aromatic heterocycles. The third kappa shape index (κ3) is 7.56. The summed E-state index contributed by atoms with van der Waals surface area (Å²) in [7, 11) is 1.65. The summed E-state index contributed by atoms with van der Waals surface area (Å²) in [6, 6.07) is 15.2. The highest BCUT2D eigenvalue weighted by Gasteiger charge is 2.08. The highest BCUT2D eigenvalue weighted by atomic mass is 127. The van der Waals surface area contributed by atoms with Crippen molar-refractivity contribution in [3.8, 4) is 5.75 Å². The minimum Gasteiger partial charge on any atom is -0.497 e. The number of nitrogens with zero attached hydrogens (tertiary/aromatic N) is 2. The number of hydrogen-bond acceptors (Lipinski definition) is 5. The number of nitrogens with one attached hydrogen (secondary N) is 2. The molecular formula is C23H31IN4O4. The first-order valence-corrected chi connectivity index (χ1v) is 10.5. The smallest absolute Gasteiger partial charge is 0.420 e. The van der Waals surface area contributed by atoms with Gasteiger partial charge in [-0.1, -0.05) is 24.3 Å². The Labute approximate surface area is 205 Å². The highest BCUT2D eigenvalue weighted by molar-refractivity contribution is 14.0. The van der Waals surface area contributed by atoms with Gasteiger partial charge < -0.3 is 24.5 Å². The molecule has 0 amide bonds. The zero-order valence-corrected chi connectivity index (χ0v) is 20.8. The normalized spacial score (nSPS) is 11.2. The number of aliphatic imine (C=N–C) groups is 1. The third-order valence-electron chi connectivity index (χ3n) is 4.74. The van der Waals surface area contributed by atoms with Crippen LogP contribution in [0.1, 0.15) is 18.9 Å². The Morgan fingerprint density at radius 3 is 2.59 bits per heavy atom. The fourth-order valence-corrected chi connectivity index (χ4v) is 3.11. The summed E-state index contributed by atoms with van der Waals surface area (Å²) < 4.78 is 17.5. The van der Waals surface area contributed by atoms with E-state index in [2.05, 4.69) is 15.6 Å². The Balaban J connectivity index is 0.00000363. The molecule has 0 unspecified atom stereocenters. The van der Waals surface area contributed by atoms with Gasteiger partial charge in [-0.25, -0.2) is 9.79 Å². The van der Waals surface area contributed by atoms with Crippen LogP contribution in [0.25, 0.3) is 11.1 Å². The van der Waals surface area contributed by atoms with Crippen LogP contribution in [-0.4, -0.2) is 43.9 Å². The number of oxazole rings is 1. The second kappa shape index (κ2) is 13.8. The standard InChI is InChI=1S/C23H30N4O4.HI/c1-3-30-16-6-13-24-22(26-17-18-9-11-19(29-2)12-10-18)25-14-15-27-20-7-4-5-8-21(20)31-23(27)28;/h4-5,7-12H,3,6,13-17H2,1-2H3,(H2,24,25,26);1H. The summed E-state index contributed by atoms with van der Waals surface area (Å²) in [6.07, 6.45) is 0.878. The molecule has 0 fully saturated rings. The Hall–Kier alpha value is -2.53. The molecule has 32 heavy (non-hydrogen) atoms. The highest BCUT2D eigenvalue weighted by Crippen LogP contribution is 2.12. The van der Waals surface area contributed by atoms with Crippen LogP contribution in [0, 0.1) is 0 Å². The van der Waals surface area contributed by atoms with Crippen LogP contribution < -0.4 is 21.1 Å². The minimum atomic E-state index is -0.357. The lowest BCUT2D eigenvalue weighted by atomic mass is 10.2. The van der Waals surface area contributed by atoms with E-state index in [4.69, 9.17) is 13.9 Å². The minimum absolute atomic E-state index is 0. The molecule has 1 heterocycles. The van der Waals surface area contributed by atoms with Crippen molar-refractivity contribution in [3.63, 3.8) is 0 Å². The van der Waals surface area contributed by atoms with Crippen LogP contribution >= 0.6 is 24.0 Å². The second-order valence-electron chi connectivity index (χ2n) is 6.90. The number of aromatic nitrogens is 1. The predicted octanol–water partition coefficient (Wildman–Crippen LogP) is 3.38. The van der Waals surface area contributed by atoms with Crippen molar-refractivity contribution >= 4 is 41.0 Å². The number of guanidine groups is 1. The van der Waals surface area contributed by atoms with Gasteiger partial charge in [0.05, 0.1) is 19.2 Å².